The van der Waals surface area contributed by atoms with Gasteiger partial charge in [0.2, 0.25) is 0 Å². The number of hydrogen-bond donors (Lipinski definition) is 0. The first-order valence-electron chi connectivity index (χ1n) is 12.2. The van der Waals surface area contributed by atoms with Crippen LogP contribution in [0.25, 0.3) is 0 Å². The fourth-order valence-corrected chi connectivity index (χ4v) is 5.19. The van der Waals surface area contributed by atoms with E-state index in [1.807, 2.05) is 0 Å². The molecule has 3 atom stereocenters. The van der Waals surface area contributed by atoms with Gasteiger partial charge in [0.05, 0.1) is 13.2 Å². The van der Waals surface area contributed by atoms with E-state index in [-0.39, 0.29) is 29.3 Å². The molecule has 1 saturated heterocycles. The highest BCUT2D eigenvalue weighted by molar-refractivity contribution is 6.74. The summed E-state index contributed by atoms with van der Waals surface area (Å²) in [5, 5.41) is 0.165. The van der Waals surface area contributed by atoms with E-state index in [4.69, 9.17) is 23.1 Å². The second-order valence-corrected chi connectivity index (χ2v) is 15.5. The third-order valence-corrected chi connectivity index (χ3v) is 11.8. The van der Waals surface area contributed by atoms with Crippen LogP contribution >= 0.6 is 0 Å². The quantitative estimate of drug-likeness (QED) is 0.249. The second kappa shape index (κ2) is 10.8. The van der Waals surface area contributed by atoms with Crippen LogP contribution in [-0.4, -0.2) is 47.0 Å². The normalized spacial score (nSPS) is 23.9. The Balaban J connectivity index is 1.66. The molecule has 0 saturated carbocycles. The lowest BCUT2D eigenvalue weighted by Crippen LogP contribution is -2.42. The standard InChI is InChI=1S/C25H42O6Si/c1-25(2,3)32(5,6)29-17-20-19-15-18(11-7-8-12-23(26)27-4)30-21(19)16-22(20)31-24-13-9-10-14-28-24/h15,20,22,24H,7-14,16-17H2,1-6H3/t20-,22-,24?/m1/s1. The van der Waals surface area contributed by atoms with Crippen LogP contribution in [-0.2, 0) is 36.3 Å². The fraction of sp³-hybridized carbons (Fsp3) is 0.800. The molecule has 0 N–H and O–H groups in total. The number of ether oxygens (including phenoxy) is 3. The maximum absolute atomic E-state index is 11.3. The molecule has 1 aromatic rings. The largest absolute Gasteiger partial charge is 0.469 e. The number of furan rings is 1. The average molecular weight is 467 g/mol. The monoisotopic (exact) mass is 466 g/mol. The van der Waals surface area contributed by atoms with Gasteiger partial charge in [-0.1, -0.05) is 20.8 Å². The lowest BCUT2D eigenvalue weighted by Gasteiger charge is -2.38. The molecule has 0 spiro atoms. The summed E-state index contributed by atoms with van der Waals surface area (Å²) >= 11 is 0. The van der Waals surface area contributed by atoms with Crippen LogP contribution in [0.1, 0.15) is 82.3 Å². The minimum absolute atomic E-state index is 0.0324. The highest BCUT2D eigenvalue weighted by atomic mass is 28.4. The molecule has 1 aliphatic carbocycles. The van der Waals surface area contributed by atoms with Gasteiger partial charge in [0.25, 0.3) is 0 Å². The van der Waals surface area contributed by atoms with Crippen molar-refractivity contribution in [3.05, 3.63) is 23.2 Å². The van der Waals surface area contributed by atoms with Crippen molar-refractivity contribution < 1.29 is 27.8 Å². The zero-order valence-electron chi connectivity index (χ0n) is 20.8. The zero-order valence-corrected chi connectivity index (χ0v) is 21.8. The maximum atomic E-state index is 11.3. The molecule has 0 amide bonds. The molecule has 7 heteroatoms. The van der Waals surface area contributed by atoms with Gasteiger partial charge in [-0.3, -0.25) is 4.79 Å². The first-order valence-corrected chi connectivity index (χ1v) is 15.1. The van der Waals surface area contributed by atoms with E-state index < -0.39 is 8.32 Å². The Morgan fingerprint density at radius 3 is 2.66 bits per heavy atom. The summed E-state index contributed by atoms with van der Waals surface area (Å²) in [5.74, 6) is 2.03. The third kappa shape index (κ3) is 6.46. The molecule has 0 radical (unpaired) electrons. The molecular formula is C25H42O6Si. The third-order valence-electron chi connectivity index (χ3n) is 7.30. The van der Waals surface area contributed by atoms with E-state index in [2.05, 4.69) is 39.9 Å². The van der Waals surface area contributed by atoms with Crippen LogP contribution in [0, 0.1) is 0 Å². The highest BCUT2D eigenvalue weighted by Crippen LogP contribution is 2.42. The Kier molecular flexibility index (Phi) is 8.63. The van der Waals surface area contributed by atoms with Gasteiger partial charge in [0, 0.05) is 44.0 Å². The van der Waals surface area contributed by atoms with Crippen LogP contribution in [0.2, 0.25) is 18.1 Å². The van der Waals surface area contributed by atoms with Crippen molar-refractivity contribution in [2.75, 3.05) is 20.3 Å². The van der Waals surface area contributed by atoms with E-state index in [0.29, 0.717) is 13.0 Å². The summed E-state index contributed by atoms with van der Waals surface area (Å²) in [6.45, 7) is 12.8. The number of fused-ring (bicyclic) bond motifs is 1. The van der Waals surface area contributed by atoms with E-state index in [0.717, 1.165) is 63.1 Å². The summed E-state index contributed by atoms with van der Waals surface area (Å²) in [7, 11) is -0.438. The molecule has 182 valence electrons. The van der Waals surface area contributed by atoms with Crippen LogP contribution < -0.4 is 0 Å². The smallest absolute Gasteiger partial charge is 0.305 e. The number of aryl methyl sites for hydroxylation is 1. The second-order valence-electron chi connectivity index (χ2n) is 10.7. The summed E-state index contributed by atoms with van der Waals surface area (Å²) in [6, 6.07) is 2.19. The summed E-state index contributed by atoms with van der Waals surface area (Å²) in [5.41, 5.74) is 1.23. The van der Waals surface area contributed by atoms with Crippen molar-refractivity contribution >= 4 is 14.3 Å². The van der Waals surface area contributed by atoms with Gasteiger partial charge in [-0.05, 0) is 56.3 Å². The first-order chi connectivity index (χ1) is 15.1. The Morgan fingerprint density at radius 1 is 1.22 bits per heavy atom. The van der Waals surface area contributed by atoms with Crippen molar-refractivity contribution in [3.63, 3.8) is 0 Å². The summed E-state index contributed by atoms with van der Waals surface area (Å²) in [6.07, 6.45) is 6.90. The molecule has 1 fully saturated rings. The molecule has 2 aliphatic rings. The van der Waals surface area contributed by atoms with Crippen LogP contribution in [0.5, 0.6) is 0 Å². The molecule has 0 bridgehead atoms. The molecule has 6 nitrogen and oxygen atoms in total. The Labute approximate surface area is 194 Å². The van der Waals surface area contributed by atoms with Crippen LogP contribution in [0.3, 0.4) is 0 Å². The van der Waals surface area contributed by atoms with Gasteiger partial charge >= 0.3 is 5.97 Å². The van der Waals surface area contributed by atoms with E-state index in [9.17, 15) is 4.79 Å². The molecule has 1 aromatic heterocycles. The van der Waals surface area contributed by atoms with Gasteiger partial charge in [0.1, 0.15) is 11.5 Å². The van der Waals surface area contributed by atoms with E-state index in [1.165, 1.54) is 12.7 Å². The minimum Gasteiger partial charge on any atom is -0.469 e. The first kappa shape index (κ1) is 25.5. The van der Waals surface area contributed by atoms with Crippen molar-refractivity contribution in [1.82, 2.24) is 0 Å². The zero-order chi connectivity index (χ0) is 23.4. The summed E-state index contributed by atoms with van der Waals surface area (Å²) in [4.78, 5) is 11.3. The van der Waals surface area contributed by atoms with Gasteiger partial charge in [-0.15, -0.1) is 0 Å². The molecule has 1 unspecified atom stereocenters. The van der Waals surface area contributed by atoms with Crippen LogP contribution in [0.4, 0.5) is 0 Å². The van der Waals surface area contributed by atoms with Gasteiger partial charge in [-0.25, -0.2) is 0 Å². The van der Waals surface area contributed by atoms with Crippen molar-refractivity contribution in [2.24, 2.45) is 0 Å². The van der Waals surface area contributed by atoms with Crippen LogP contribution in [0.15, 0.2) is 10.5 Å². The molecule has 2 heterocycles. The molecule has 32 heavy (non-hydrogen) atoms. The maximum Gasteiger partial charge on any atom is 0.305 e. The number of carbonyl (C=O) groups excluding carboxylic acids is 1. The van der Waals surface area contributed by atoms with E-state index >= 15 is 0 Å². The molecule has 3 rings (SSSR count). The predicted octanol–water partition coefficient (Wildman–Crippen LogP) is 5.74. The van der Waals surface area contributed by atoms with Gasteiger partial charge in [-0.2, -0.15) is 0 Å². The van der Waals surface area contributed by atoms with E-state index in [1.54, 1.807) is 0 Å². The fourth-order valence-electron chi connectivity index (χ4n) is 4.16. The SMILES string of the molecule is COC(=O)CCCCc1cc2c(o1)C[C@@H](OC1CCCCO1)[C@@H]2CO[Si](C)(C)C(C)(C)C. The number of carbonyl (C=O) groups is 1. The lowest BCUT2D eigenvalue weighted by atomic mass is 10.0. The number of hydrogen-bond acceptors (Lipinski definition) is 6. The average Bonchev–Trinajstić information content (AvgIpc) is 3.26. The van der Waals surface area contributed by atoms with Crippen molar-refractivity contribution in [3.8, 4) is 0 Å². The Hall–Kier alpha value is -1.15. The summed E-state index contributed by atoms with van der Waals surface area (Å²) < 4.78 is 29.9. The number of rotatable bonds is 10. The predicted molar refractivity (Wildman–Crippen MR) is 126 cm³/mol. The lowest BCUT2D eigenvalue weighted by molar-refractivity contribution is -0.192. The Morgan fingerprint density at radius 2 is 2.00 bits per heavy atom. The van der Waals surface area contributed by atoms with Crippen molar-refractivity contribution in [2.45, 2.75) is 109 Å². The molecule has 0 aromatic carbocycles. The number of methoxy groups -OCH3 is 1. The van der Waals surface area contributed by atoms with Gasteiger partial charge in [0.15, 0.2) is 14.6 Å². The molecular weight excluding hydrogens is 424 g/mol. The minimum atomic E-state index is -1.87. The van der Waals surface area contributed by atoms with Crippen molar-refractivity contribution in [1.29, 1.82) is 0 Å². The highest BCUT2D eigenvalue weighted by Gasteiger charge is 2.42. The topological polar surface area (TPSA) is 67.1 Å². The Bertz CT molecular complexity index is 744. The number of esters is 1. The molecule has 1 aliphatic heterocycles. The van der Waals surface area contributed by atoms with Gasteiger partial charge < -0.3 is 23.1 Å². The number of unbranched alkanes of at least 4 members (excludes halogenated alkanes) is 1.